The van der Waals surface area contributed by atoms with Crippen LogP contribution in [0.3, 0.4) is 0 Å². The molecule has 1 atom stereocenters. The molecule has 2 aromatic rings. The van der Waals surface area contributed by atoms with Gasteiger partial charge in [0.25, 0.3) is 17.5 Å². The van der Waals surface area contributed by atoms with Crippen LogP contribution in [0.5, 0.6) is 0 Å². The Morgan fingerprint density at radius 3 is 2.31 bits per heavy atom. The number of carbonyl (C=O) groups is 3. The third kappa shape index (κ3) is 4.97. The number of nitro benzene ring substituents is 1. The first-order valence-electron chi connectivity index (χ1n) is 11.3. The van der Waals surface area contributed by atoms with Crippen LogP contribution in [0.2, 0.25) is 5.02 Å². The number of carbonyl (C=O) groups excluding carboxylic acids is 3. The summed E-state index contributed by atoms with van der Waals surface area (Å²) in [6.07, 6.45) is 3.63. The lowest BCUT2D eigenvalue weighted by Gasteiger charge is -2.37. The monoisotopic (exact) mass is 534 g/mol. The summed E-state index contributed by atoms with van der Waals surface area (Å²) in [7, 11) is -3.96. The first-order chi connectivity index (χ1) is 17.0. The summed E-state index contributed by atoms with van der Waals surface area (Å²) in [5.41, 5.74) is -0.289. The molecule has 2 aliphatic rings. The van der Waals surface area contributed by atoms with E-state index in [4.69, 9.17) is 16.7 Å². The standard InChI is InChI=1S/C23H23ClN4O7S/c24-18-11-6-14(12-19(18)28(32)33)22(30)26(15-4-2-1-3-5-15)20-13-21(29)27(23(20)31)16-7-9-17(10-8-16)36(25,34)35/h6-12,15,20H,1-5,13H2,(H2,25,34,35). The zero-order chi connectivity index (χ0) is 26.2. The van der Waals surface area contributed by atoms with E-state index in [1.54, 1.807) is 0 Å². The number of nitrogens with zero attached hydrogens (tertiary/aromatic N) is 3. The molecule has 2 aromatic carbocycles. The topological polar surface area (TPSA) is 161 Å². The number of hydrogen-bond acceptors (Lipinski definition) is 7. The van der Waals surface area contributed by atoms with Gasteiger partial charge in [0, 0.05) is 17.7 Å². The van der Waals surface area contributed by atoms with Crippen LogP contribution < -0.4 is 10.0 Å². The van der Waals surface area contributed by atoms with E-state index in [2.05, 4.69) is 0 Å². The van der Waals surface area contributed by atoms with Crippen LogP contribution in [0.1, 0.15) is 48.9 Å². The molecule has 36 heavy (non-hydrogen) atoms. The number of anilines is 1. The number of halogens is 1. The maximum absolute atomic E-state index is 13.7. The first-order valence-corrected chi connectivity index (χ1v) is 13.2. The molecule has 1 saturated carbocycles. The van der Waals surface area contributed by atoms with Gasteiger partial charge in [0.15, 0.2) is 0 Å². The van der Waals surface area contributed by atoms with E-state index in [0.29, 0.717) is 12.8 Å². The number of benzene rings is 2. The smallest absolute Gasteiger partial charge is 0.288 e. The highest BCUT2D eigenvalue weighted by Gasteiger charge is 2.47. The van der Waals surface area contributed by atoms with Crippen LogP contribution in [0, 0.1) is 10.1 Å². The van der Waals surface area contributed by atoms with Crippen molar-refractivity contribution >= 4 is 50.7 Å². The van der Waals surface area contributed by atoms with E-state index in [9.17, 15) is 32.9 Å². The Bertz CT molecular complexity index is 1340. The highest BCUT2D eigenvalue weighted by atomic mass is 35.5. The van der Waals surface area contributed by atoms with E-state index in [1.165, 1.54) is 41.3 Å². The molecule has 1 aliphatic heterocycles. The van der Waals surface area contributed by atoms with Crippen molar-refractivity contribution in [3.05, 3.63) is 63.2 Å². The predicted octanol–water partition coefficient (Wildman–Crippen LogP) is 3.00. The third-order valence-corrected chi connectivity index (χ3v) is 7.72. The van der Waals surface area contributed by atoms with E-state index in [1.807, 2.05) is 0 Å². The van der Waals surface area contributed by atoms with Gasteiger partial charge in [-0.05, 0) is 49.2 Å². The van der Waals surface area contributed by atoms with Gasteiger partial charge in [0.2, 0.25) is 15.9 Å². The van der Waals surface area contributed by atoms with E-state index >= 15 is 0 Å². The lowest BCUT2D eigenvalue weighted by molar-refractivity contribution is -0.384. The Balaban J connectivity index is 1.69. The van der Waals surface area contributed by atoms with Crippen molar-refractivity contribution in [2.75, 3.05) is 4.90 Å². The molecule has 2 fully saturated rings. The van der Waals surface area contributed by atoms with Crippen molar-refractivity contribution in [1.82, 2.24) is 4.90 Å². The predicted molar refractivity (Wildman–Crippen MR) is 130 cm³/mol. The molecule has 13 heteroatoms. The Morgan fingerprint density at radius 2 is 1.72 bits per heavy atom. The zero-order valence-corrected chi connectivity index (χ0v) is 20.6. The molecule has 3 amide bonds. The number of amides is 3. The van der Waals surface area contributed by atoms with E-state index in [0.717, 1.165) is 30.2 Å². The number of imide groups is 1. The van der Waals surface area contributed by atoms with Gasteiger partial charge in [-0.1, -0.05) is 30.9 Å². The average Bonchev–Trinajstić information content (AvgIpc) is 3.12. The second-order valence-corrected chi connectivity index (χ2v) is 10.7. The van der Waals surface area contributed by atoms with Gasteiger partial charge >= 0.3 is 0 Å². The van der Waals surface area contributed by atoms with Gasteiger partial charge < -0.3 is 4.90 Å². The number of sulfonamides is 1. The molecule has 0 aromatic heterocycles. The minimum absolute atomic E-state index is 0.00659. The zero-order valence-electron chi connectivity index (χ0n) is 19.0. The normalized spacial score (nSPS) is 18.9. The molecule has 1 unspecified atom stereocenters. The maximum Gasteiger partial charge on any atom is 0.288 e. The Morgan fingerprint density at radius 1 is 1.08 bits per heavy atom. The average molecular weight is 535 g/mol. The van der Waals surface area contributed by atoms with Crippen LogP contribution in [-0.4, -0.2) is 48.0 Å². The third-order valence-electron chi connectivity index (χ3n) is 6.47. The fourth-order valence-corrected chi connectivity index (χ4v) is 5.45. The molecule has 1 heterocycles. The van der Waals surface area contributed by atoms with Gasteiger partial charge in [-0.15, -0.1) is 0 Å². The van der Waals surface area contributed by atoms with Crippen molar-refractivity contribution in [1.29, 1.82) is 0 Å². The largest absolute Gasteiger partial charge is 0.323 e. The summed E-state index contributed by atoms with van der Waals surface area (Å²) in [5.74, 6) is -1.78. The maximum atomic E-state index is 13.7. The highest BCUT2D eigenvalue weighted by molar-refractivity contribution is 7.89. The quantitative estimate of drug-likeness (QED) is 0.338. The molecule has 0 spiro atoms. The van der Waals surface area contributed by atoms with Gasteiger partial charge in [-0.25, -0.2) is 18.5 Å². The van der Waals surface area contributed by atoms with Gasteiger partial charge in [0.1, 0.15) is 11.1 Å². The van der Waals surface area contributed by atoms with Crippen molar-refractivity contribution in [3.8, 4) is 0 Å². The highest BCUT2D eigenvalue weighted by Crippen LogP contribution is 2.34. The van der Waals surface area contributed by atoms with Gasteiger partial charge in [-0.2, -0.15) is 0 Å². The Hall–Kier alpha value is -3.35. The SMILES string of the molecule is NS(=O)(=O)c1ccc(N2C(=O)CC(N(C(=O)c3ccc(Cl)c([N+](=O)[O-])c3)C3CCCCC3)C2=O)cc1. The van der Waals surface area contributed by atoms with Crippen molar-refractivity contribution in [3.63, 3.8) is 0 Å². The van der Waals surface area contributed by atoms with Crippen LogP contribution >= 0.6 is 11.6 Å². The summed E-state index contributed by atoms with van der Waals surface area (Å²) in [6.45, 7) is 0. The first kappa shape index (κ1) is 25.7. The second-order valence-electron chi connectivity index (χ2n) is 8.75. The fourth-order valence-electron chi connectivity index (χ4n) is 4.75. The molecule has 0 radical (unpaired) electrons. The Labute approximate surface area is 212 Å². The number of hydrogen-bond donors (Lipinski definition) is 1. The lowest BCUT2D eigenvalue weighted by atomic mass is 9.92. The fraction of sp³-hybridized carbons (Fsp3) is 0.348. The molecule has 1 aliphatic carbocycles. The minimum Gasteiger partial charge on any atom is -0.323 e. The molecule has 1 saturated heterocycles. The lowest BCUT2D eigenvalue weighted by Crippen LogP contribution is -2.51. The summed E-state index contributed by atoms with van der Waals surface area (Å²) in [6, 6.07) is 7.23. The number of rotatable bonds is 6. The van der Waals surface area contributed by atoms with Crippen LogP contribution in [0.4, 0.5) is 11.4 Å². The Kier molecular flexibility index (Phi) is 7.12. The van der Waals surface area contributed by atoms with Crippen LogP contribution in [0.15, 0.2) is 47.4 Å². The van der Waals surface area contributed by atoms with Gasteiger partial charge in [0.05, 0.1) is 21.9 Å². The van der Waals surface area contributed by atoms with Crippen molar-refractivity contribution in [2.24, 2.45) is 5.14 Å². The molecule has 0 bridgehead atoms. The molecular formula is C23H23ClN4O7S. The number of primary sulfonamides is 1. The van der Waals surface area contributed by atoms with Crippen LogP contribution in [-0.2, 0) is 19.6 Å². The van der Waals surface area contributed by atoms with Crippen molar-refractivity contribution < 1.29 is 27.7 Å². The van der Waals surface area contributed by atoms with Crippen LogP contribution in [0.25, 0.3) is 0 Å². The second kappa shape index (κ2) is 9.96. The number of nitrogens with two attached hydrogens (primary N) is 1. The van der Waals surface area contributed by atoms with E-state index < -0.39 is 44.4 Å². The number of nitro groups is 1. The minimum atomic E-state index is -3.96. The molecule has 4 rings (SSSR count). The summed E-state index contributed by atoms with van der Waals surface area (Å²) < 4.78 is 23.1. The molecular weight excluding hydrogens is 512 g/mol. The summed E-state index contributed by atoms with van der Waals surface area (Å²) >= 11 is 5.90. The summed E-state index contributed by atoms with van der Waals surface area (Å²) in [5, 5.41) is 16.3. The van der Waals surface area contributed by atoms with Gasteiger partial charge in [-0.3, -0.25) is 24.5 Å². The molecule has 2 N–H and O–H groups in total. The molecule has 190 valence electrons. The molecule has 11 nitrogen and oxygen atoms in total. The summed E-state index contributed by atoms with van der Waals surface area (Å²) in [4.78, 5) is 52.9. The van der Waals surface area contributed by atoms with Crippen molar-refractivity contribution in [2.45, 2.75) is 55.5 Å². The van der Waals surface area contributed by atoms with E-state index in [-0.39, 0.29) is 33.6 Å².